The minimum Gasteiger partial charge on any atom is -0.462 e. The molecule has 6 heteroatoms. The number of anilines is 1. The van der Waals surface area contributed by atoms with E-state index < -0.39 is 29.2 Å². The SMILES string of the molecule is COC(=O)C(=O)Nc1c(F)cccc1F. The van der Waals surface area contributed by atoms with Crippen LogP contribution < -0.4 is 5.32 Å². The molecule has 0 bridgehead atoms. The van der Waals surface area contributed by atoms with Crippen LogP contribution in [0.5, 0.6) is 0 Å². The second-order valence-electron chi connectivity index (χ2n) is 2.54. The highest BCUT2D eigenvalue weighted by Gasteiger charge is 2.18. The van der Waals surface area contributed by atoms with Crippen molar-refractivity contribution in [3.63, 3.8) is 0 Å². The fraction of sp³-hybridized carbons (Fsp3) is 0.111. The van der Waals surface area contributed by atoms with Crippen LogP contribution in [0.15, 0.2) is 18.2 Å². The van der Waals surface area contributed by atoms with E-state index in [1.807, 2.05) is 0 Å². The van der Waals surface area contributed by atoms with Gasteiger partial charge in [-0.1, -0.05) is 6.07 Å². The van der Waals surface area contributed by atoms with E-state index in [4.69, 9.17) is 0 Å². The number of carbonyl (C=O) groups excluding carboxylic acids is 2. The summed E-state index contributed by atoms with van der Waals surface area (Å²) in [5.74, 6) is -4.39. The number of para-hydroxylation sites is 1. The second-order valence-corrected chi connectivity index (χ2v) is 2.54. The highest BCUT2D eigenvalue weighted by atomic mass is 19.1. The highest BCUT2D eigenvalue weighted by Crippen LogP contribution is 2.17. The monoisotopic (exact) mass is 215 g/mol. The molecule has 1 amide bonds. The molecular weight excluding hydrogens is 208 g/mol. The predicted molar refractivity (Wildman–Crippen MR) is 47.0 cm³/mol. The van der Waals surface area contributed by atoms with Crippen LogP contribution in [-0.2, 0) is 14.3 Å². The molecular formula is C9H7F2NO3. The Balaban J connectivity index is 2.90. The molecule has 0 aliphatic heterocycles. The lowest BCUT2D eigenvalue weighted by Crippen LogP contribution is -2.24. The average Bonchev–Trinajstić information content (AvgIpc) is 2.22. The Morgan fingerprint density at radius 2 is 1.80 bits per heavy atom. The van der Waals surface area contributed by atoms with Crippen molar-refractivity contribution >= 4 is 17.6 Å². The molecule has 1 aromatic carbocycles. The lowest BCUT2D eigenvalue weighted by molar-refractivity contribution is -0.150. The Hall–Kier alpha value is -1.98. The van der Waals surface area contributed by atoms with Gasteiger partial charge in [0.2, 0.25) is 0 Å². The van der Waals surface area contributed by atoms with E-state index >= 15 is 0 Å². The number of methoxy groups -OCH3 is 1. The van der Waals surface area contributed by atoms with E-state index in [1.54, 1.807) is 5.32 Å². The normalized spacial score (nSPS) is 9.53. The van der Waals surface area contributed by atoms with Gasteiger partial charge in [-0.05, 0) is 12.1 Å². The number of hydrogen-bond donors (Lipinski definition) is 1. The molecule has 4 nitrogen and oxygen atoms in total. The van der Waals surface area contributed by atoms with E-state index in [-0.39, 0.29) is 0 Å². The molecule has 0 atom stereocenters. The molecule has 15 heavy (non-hydrogen) atoms. The zero-order chi connectivity index (χ0) is 11.4. The zero-order valence-corrected chi connectivity index (χ0v) is 7.71. The minimum atomic E-state index is -1.23. The summed E-state index contributed by atoms with van der Waals surface area (Å²) in [6.07, 6.45) is 0. The van der Waals surface area contributed by atoms with Gasteiger partial charge in [-0.2, -0.15) is 0 Å². The summed E-state index contributed by atoms with van der Waals surface area (Å²) >= 11 is 0. The first-order chi connectivity index (χ1) is 7.06. The van der Waals surface area contributed by atoms with Gasteiger partial charge < -0.3 is 10.1 Å². The molecule has 0 unspecified atom stereocenters. The van der Waals surface area contributed by atoms with Crippen molar-refractivity contribution in [2.45, 2.75) is 0 Å². The van der Waals surface area contributed by atoms with Gasteiger partial charge in [-0.25, -0.2) is 13.6 Å². The van der Waals surface area contributed by atoms with Crippen LogP contribution in [0.25, 0.3) is 0 Å². The van der Waals surface area contributed by atoms with Gasteiger partial charge in [0.15, 0.2) is 0 Å². The van der Waals surface area contributed by atoms with Crippen LogP contribution in [0.4, 0.5) is 14.5 Å². The molecule has 0 aliphatic rings. The van der Waals surface area contributed by atoms with Crippen LogP contribution >= 0.6 is 0 Å². The topological polar surface area (TPSA) is 55.4 Å². The van der Waals surface area contributed by atoms with Crippen LogP contribution in [0.3, 0.4) is 0 Å². The summed E-state index contributed by atoms with van der Waals surface area (Å²) in [5, 5.41) is 1.77. The molecule has 1 aromatic rings. The van der Waals surface area contributed by atoms with E-state index in [2.05, 4.69) is 4.74 Å². The van der Waals surface area contributed by atoms with E-state index in [1.165, 1.54) is 0 Å². The smallest absolute Gasteiger partial charge is 0.396 e. The molecule has 0 saturated carbocycles. The maximum absolute atomic E-state index is 13.0. The Bertz CT molecular complexity index is 386. The van der Waals surface area contributed by atoms with Crippen molar-refractivity contribution in [1.82, 2.24) is 0 Å². The number of carbonyl (C=O) groups is 2. The maximum atomic E-state index is 13.0. The fourth-order valence-corrected chi connectivity index (χ4v) is 0.874. The van der Waals surface area contributed by atoms with Crippen LogP contribution in [0, 0.1) is 11.6 Å². The number of nitrogens with one attached hydrogen (secondary N) is 1. The van der Waals surface area contributed by atoms with Crippen LogP contribution in [0.1, 0.15) is 0 Å². The Morgan fingerprint density at radius 3 is 2.27 bits per heavy atom. The molecule has 0 heterocycles. The summed E-state index contributed by atoms with van der Waals surface area (Å²) in [4.78, 5) is 21.6. The summed E-state index contributed by atoms with van der Waals surface area (Å²) in [6, 6.07) is 3.05. The average molecular weight is 215 g/mol. The minimum absolute atomic E-state index is 0.673. The van der Waals surface area contributed by atoms with Gasteiger partial charge in [0.05, 0.1) is 7.11 Å². The molecule has 0 radical (unpaired) electrons. The summed E-state index contributed by atoms with van der Waals surface area (Å²) in [6.45, 7) is 0. The Morgan fingerprint density at radius 1 is 1.27 bits per heavy atom. The number of halogens is 2. The number of ether oxygens (including phenoxy) is 1. The number of esters is 1. The maximum Gasteiger partial charge on any atom is 0.396 e. The van der Waals surface area contributed by atoms with Crippen LogP contribution in [0.2, 0.25) is 0 Å². The standard InChI is InChI=1S/C9H7F2NO3/c1-15-9(14)8(13)12-7-5(10)3-2-4-6(7)11/h2-4H,1H3,(H,12,13). The largest absolute Gasteiger partial charge is 0.462 e. The first-order valence-electron chi connectivity index (χ1n) is 3.89. The molecule has 0 fully saturated rings. The quantitative estimate of drug-likeness (QED) is 0.563. The van der Waals surface area contributed by atoms with Gasteiger partial charge in [0.25, 0.3) is 0 Å². The molecule has 1 rings (SSSR count). The Labute approximate surface area is 83.8 Å². The number of hydrogen-bond acceptors (Lipinski definition) is 3. The van der Waals surface area contributed by atoms with Crippen LogP contribution in [-0.4, -0.2) is 19.0 Å². The first-order valence-corrected chi connectivity index (χ1v) is 3.89. The van der Waals surface area contributed by atoms with Crippen molar-refractivity contribution in [2.75, 3.05) is 12.4 Å². The third-order valence-electron chi connectivity index (χ3n) is 1.57. The molecule has 1 N–H and O–H groups in total. The third-order valence-corrected chi connectivity index (χ3v) is 1.57. The summed E-state index contributed by atoms with van der Waals surface area (Å²) < 4.78 is 30.0. The summed E-state index contributed by atoms with van der Waals surface area (Å²) in [5.41, 5.74) is -0.673. The van der Waals surface area contributed by atoms with Gasteiger partial charge >= 0.3 is 11.9 Å². The van der Waals surface area contributed by atoms with Crippen molar-refractivity contribution in [3.05, 3.63) is 29.8 Å². The molecule has 80 valence electrons. The van der Waals surface area contributed by atoms with Gasteiger partial charge in [-0.15, -0.1) is 0 Å². The summed E-state index contributed by atoms with van der Waals surface area (Å²) in [7, 11) is 0.986. The van der Waals surface area contributed by atoms with E-state index in [0.717, 1.165) is 25.3 Å². The van der Waals surface area contributed by atoms with Crippen molar-refractivity contribution in [1.29, 1.82) is 0 Å². The van der Waals surface area contributed by atoms with Gasteiger partial charge in [0.1, 0.15) is 17.3 Å². The zero-order valence-electron chi connectivity index (χ0n) is 7.71. The fourth-order valence-electron chi connectivity index (χ4n) is 0.874. The van der Waals surface area contributed by atoms with Crippen molar-refractivity contribution in [2.24, 2.45) is 0 Å². The Kier molecular flexibility index (Phi) is 3.33. The van der Waals surface area contributed by atoms with E-state index in [9.17, 15) is 18.4 Å². The lowest BCUT2D eigenvalue weighted by Gasteiger charge is -2.05. The second kappa shape index (κ2) is 4.50. The third kappa shape index (κ3) is 2.49. The predicted octanol–water partition coefficient (Wildman–Crippen LogP) is 1.08. The molecule has 0 spiro atoms. The van der Waals surface area contributed by atoms with Gasteiger partial charge in [0, 0.05) is 0 Å². The van der Waals surface area contributed by atoms with E-state index in [0.29, 0.717) is 0 Å². The first kappa shape index (κ1) is 11.1. The molecule has 0 aromatic heterocycles. The number of amides is 1. The number of rotatable bonds is 1. The van der Waals surface area contributed by atoms with Crippen molar-refractivity contribution < 1.29 is 23.1 Å². The van der Waals surface area contributed by atoms with Gasteiger partial charge in [-0.3, -0.25) is 4.79 Å². The highest BCUT2D eigenvalue weighted by molar-refractivity contribution is 6.37. The number of benzene rings is 1. The lowest BCUT2D eigenvalue weighted by atomic mass is 10.3. The molecule has 0 aliphatic carbocycles. The molecule has 0 saturated heterocycles. The van der Waals surface area contributed by atoms with Crippen molar-refractivity contribution in [3.8, 4) is 0 Å².